The zero-order valence-electron chi connectivity index (χ0n) is 15.0. The number of aromatic nitrogens is 1. The minimum absolute atomic E-state index is 1.04. The van der Waals surface area contributed by atoms with Crippen LogP contribution in [0.2, 0.25) is 0 Å². The van der Waals surface area contributed by atoms with Crippen LogP contribution in [-0.4, -0.2) is 41.5 Å². The van der Waals surface area contributed by atoms with Crippen molar-refractivity contribution >= 4 is 10.9 Å². The Bertz CT molecular complexity index is 822. The molecule has 0 fully saturated rings. The molecule has 3 aromatic rings. The van der Waals surface area contributed by atoms with Crippen LogP contribution in [-0.2, 0) is 19.5 Å². The summed E-state index contributed by atoms with van der Waals surface area (Å²) in [7, 11) is 2.22. The Balaban J connectivity index is 1.29. The van der Waals surface area contributed by atoms with Crippen LogP contribution in [0.4, 0.5) is 0 Å². The fourth-order valence-electron chi connectivity index (χ4n) is 3.95. The van der Waals surface area contributed by atoms with Crippen LogP contribution in [0.5, 0.6) is 0 Å². The summed E-state index contributed by atoms with van der Waals surface area (Å²) < 4.78 is 0. The Morgan fingerprint density at radius 3 is 2.72 bits per heavy atom. The van der Waals surface area contributed by atoms with E-state index in [1.165, 1.54) is 47.2 Å². The van der Waals surface area contributed by atoms with Crippen LogP contribution in [0, 0.1) is 0 Å². The molecule has 4 rings (SSSR count). The molecule has 0 amide bonds. The number of hydrogen-bond donors (Lipinski definition) is 1. The topological polar surface area (TPSA) is 22.3 Å². The molecule has 2 heterocycles. The summed E-state index contributed by atoms with van der Waals surface area (Å²) in [6.07, 6.45) is 2.37. The second-order valence-electron chi connectivity index (χ2n) is 7.23. The van der Waals surface area contributed by atoms with Crippen molar-refractivity contribution in [1.29, 1.82) is 0 Å². The molecule has 25 heavy (non-hydrogen) atoms. The minimum Gasteiger partial charge on any atom is -0.358 e. The maximum absolute atomic E-state index is 3.60. The van der Waals surface area contributed by atoms with Gasteiger partial charge in [-0.15, -0.1) is 0 Å². The average Bonchev–Trinajstić information content (AvgIpc) is 3.01. The van der Waals surface area contributed by atoms with E-state index in [2.05, 4.69) is 76.4 Å². The summed E-state index contributed by atoms with van der Waals surface area (Å²) in [5.74, 6) is 0. The first-order chi connectivity index (χ1) is 12.3. The van der Waals surface area contributed by atoms with Crippen molar-refractivity contribution < 1.29 is 0 Å². The van der Waals surface area contributed by atoms with E-state index in [-0.39, 0.29) is 0 Å². The van der Waals surface area contributed by atoms with Crippen molar-refractivity contribution in [3.05, 3.63) is 71.4 Å². The van der Waals surface area contributed by atoms with E-state index >= 15 is 0 Å². The monoisotopic (exact) mass is 333 g/mol. The summed E-state index contributed by atoms with van der Waals surface area (Å²) in [5.41, 5.74) is 5.64. The SMILES string of the molecule is CN(CCCN1CCc2[nH]c3ccccc3c2C1)Cc1ccccc1. The Kier molecular flexibility index (Phi) is 4.86. The molecule has 3 nitrogen and oxygen atoms in total. The van der Waals surface area contributed by atoms with Gasteiger partial charge in [-0.2, -0.15) is 0 Å². The van der Waals surface area contributed by atoms with E-state index in [4.69, 9.17) is 0 Å². The second kappa shape index (κ2) is 7.42. The molecule has 2 aromatic carbocycles. The number of hydrogen-bond acceptors (Lipinski definition) is 2. The number of nitrogens with zero attached hydrogens (tertiary/aromatic N) is 2. The van der Waals surface area contributed by atoms with Crippen LogP contribution in [0.1, 0.15) is 23.2 Å². The molecule has 3 heteroatoms. The number of H-pyrrole nitrogens is 1. The maximum Gasteiger partial charge on any atom is 0.0459 e. The molecule has 0 bridgehead atoms. The van der Waals surface area contributed by atoms with Crippen LogP contribution < -0.4 is 0 Å². The van der Waals surface area contributed by atoms with Gasteiger partial charge in [0.2, 0.25) is 0 Å². The smallest absolute Gasteiger partial charge is 0.0459 e. The largest absolute Gasteiger partial charge is 0.358 e. The van der Waals surface area contributed by atoms with Gasteiger partial charge in [-0.25, -0.2) is 0 Å². The summed E-state index contributed by atoms with van der Waals surface area (Å²) in [6, 6.07) is 19.4. The molecule has 0 radical (unpaired) electrons. The molecule has 0 unspecified atom stereocenters. The molecular formula is C22H27N3. The van der Waals surface area contributed by atoms with Gasteiger partial charge in [0.1, 0.15) is 0 Å². The minimum atomic E-state index is 1.04. The fourth-order valence-corrected chi connectivity index (χ4v) is 3.95. The molecule has 0 saturated carbocycles. The third-order valence-corrected chi connectivity index (χ3v) is 5.27. The third kappa shape index (κ3) is 3.78. The molecule has 1 N–H and O–H groups in total. The number of aromatic amines is 1. The summed E-state index contributed by atoms with van der Waals surface area (Å²) in [4.78, 5) is 8.64. The number of rotatable bonds is 6. The van der Waals surface area contributed by atoms with Crippen molar-refractivity contribution in [2.45, 2.75) is 25.9 Å². The van der Waals surface area contributed by atoms with Gasteiger partial charge in [-0.1, -0.05) is 48.5 Å². The van der Waals surface area contributed by atoms with Crippen LogP contribution in [0.3, 0.4) is 0 Å². The van der Waals surface area contributed by atoms with E-state index in [1.54, 1.807) is 0 Å². The van der Waals surface area contributed by atoms with E-state index in [0.717, 1.165) is 26.1 Å². The highest BCUT2D eigenvalue weighted by Gasteiger charge is 2.20. The Morgan fingerprint density at radius 2 is 1.84 bits per heavy atom. The van der Waals surface area contributed by atoms with Crippen molar-refractivity contribution in [2.24, 2.45) is 0 Å². The van der Waals surface area contributed by atoms with Crippen molar-refractivity contribution in [1.82, 2.24) is 14.8 Å². The Labute approximate surface area is 150 Å². The summed E-state index contributed by atoms with van der Waals surface area (Å²) in [6.45, 7) is 5.61. The Morgan fingerprint density at radius 1 is 1.04 bits per heavy atom. The lowest BCUT2D eigenvalue weighted by molar-refractivity contribution is 0.228. The lowest BCUT2D eigenvalue weighted by atomic mass is 10.0. The first-order valence-corrected chi connectivity index (χ1v) is 9.33. The van der Waals surface area contributed by atoms with Gasteiger partial charge in [0.25, 0.3) is 0 Å². The summed E-state index contributed by atoms with van der Waals surface area (Å²) in [5, 5.41) is 1.41. The first-order valence-electron chi connectivity index (χ1n) is 9.33. The summed E-state index contributed by atoms with van der Waals surface area (Å²) >= 11 is 0. The predicted octanol–water partition coefficient (Wildman–Crippen LogP) is 4.05. The highest BCUT2D eigenvalue weighted by molar-refractivity contribution is 5.84. The molecule has 0 atom stereocenters. The number of para-hydroxylation sites is 1. The van der Waals surface area contributed by atoms with E-state index < -0.39 is 0 Å². The lowest BCUT2D eigenvalue weighted by Crippen LogP contribution is -2.32. The van der Waals surface area contributed by atoms with Gasteiger partial charge < -0.3 is 9.88 Å². The zero-order valence-corrected chi connectivity index (χ0v) is 15.0. The number of fused-ring (bicyclic) bond motifs is 3. The van der Waals surface area contributed by atoms with Gasteiger partial charge in [0.15, 0.2) is 0 Å². The molecule has 0 saturated heterocycles. The quantitative estimate of drug-likeness (QED) is 0.735. The van der Waals surface area contributed by atoms with Crippen molar-refractivity contribution in [3.63, 3.8) is 0 Å². The van der Waals surface area contributed by atoms with Gasteiger partial charge in [-0.3, -0.25) is 4.90 Å². The van der Waals surface area contributed by atoms with Crippen LogP contribution in [0.15, 0.2) is 54.6 Å². The Hall–Kier alpha value is -2.10. The average molecular weight is 333 g/mol. The molecule has 0 aliphatic carbocycles. The first kappa shape index (κ1) is 16.4. The molecule has 1 aliphatic rings. The number of nitrogens with one attached hydrogen (secondary N) is 1. The highest BCUT2D eigenvalue weighted by atomic mass is 15.1. The van der Waals surface area contributed by atoms with E-state index in [0.29, 0.717) is 0 Å². The fraction of sp³-hybridized carbons (Fsp3) is 0.364. The lowest BCUT2D eigenvalue weighted by Gasteiger charge is -2.28. The van der Waals surface area contributed by atoms with Gasteiger partial charge in [-0.05, 0) is 43.8 Å². The van der Waals surface area contributed by atoms with Gasteiger partial charge in [0, 0.05) is 42.7 Å². The highest BCUT2D eigenvalue weighted by Crippen LogP contribution is 2.27. The normalized spacial score (nSPS) is 15.0. The van der Waals surface area contributed by atoms with Crippen molar-refractivity contribution in [3.8, 4) is 0 Å². The third-order valence-electron chi connectivity index (χ3n) is 5.27. The van der Waals surface area contributed by atoms with E-state index in [9.17, 15) is 0 Å². The molecular weight excluding hydrogens is 306 g/mol. The molecule has 130 valence electrons. The van der Waals surface area contributed by atoms with Crippen molar-refractivity contribution in [2.75, 3.05) is 26.7 Å². The van der Waals surface area contributed by atoms with E-state index in [1.807, 2.05) is 0 Å². The molecule has 0 spiro atoms. The molecule has 1 aromatic heterocycles. The number of benzene rings is 2. The van der Waals surface area contributed by atoms with Crippen LogP contribution >= 0.6 is 0 Å². The maximum atomic E-state index is 3.60. The van der Waals surface area contributed by atoms with Gasteiger partial charge >= 0.3 is 0 Å². The van der Waals surface area contributed by atoms with Gasteiger partial charge in [0.05, 0.1) is 0 Å². The standard InChI is InChI=1S/C22H27N3/c1-24(16-18-8-3-2-4-9-18)13-7-14-25-15-12-22-20(17-25)19-10-5-6-11-21(19)23-22/h2-6,8-11,23H,7,12-17H2,1H3. The predicted molar refractivity (Wildman–Crippen MR) is 105 cm³/mol. The van der Waals surface area contributed by atoms with Crippen LogP contribution in [0.25, 0.3) is 10.9 Å². The molecule has 1 aliphatic heterocycles. The zero-order chi connectivity index (χ0) is 17.1. The second-order valence-corrected chi connectivity index (χ2v) is 7.23.